The fourth-order valence-electron chi connectivity index (χ4n) is 5.20. The number of carbonyl (C=O) groups is 2. The molecule has 0 saturated carbocycles. The van der Waals surface area contributed by atoms with Crippen LogP contribution in [0.4, 0.5) is 5.69 Å². The SMILES string of the molecule is CCNC(=O)C(Cc1ccccc1)N(Cc1cccc(C)c1)C(=O)CN(c1cc(OC)ccc1OC)S(=O)(=O)c1ccc(C)cc1. The summed E-state index contributed by atoms with van der Waals surface area (Å²) in [6.45, 7) is 5.48. The lowest BCUT2D eigenvalue weighted by Gasteiger charge is -2.34. The van der Waals surface area contributed by atoms with Gasteiger partial charge < -0.3 is 19.7 Å². The van der Waals surface area contributed by atoms with Gasteiger partial charge in [0.15, 0.2) is 0 Å². The number of anilines is 1. The molecule has 0 fully saturated rings. The highest BCUT2D eigenvalue weighted by Crippen LogP contribution is 2.36. The van der Waals surface area contributed by atoms with E-state index in [9.17, 15) is 18.0 Å². The maximum Gasteiger partial charge on any atom is 0.264 e. The molecule has 0 heterocycles. The molecule has 0 bridgehead atoms. The Kier molecular flexibility index (Phi) is 11.4. The molecule has 10 heteroatoms. The van der Waals surface area contributed by atoms with E-state index in [4.69, 9.17) is 9.47 Å². The first-order valence-corrected chi connectivity index (χ1v) is 16.5. The first kappa shape index (κ1) is 34.1. The van der Waals surface area contributed by atoms with Gasteiger partial charge in [-0.25, -0.2) is 8.42 Å². The molecule has 4 aromatic rings. The van der Waals surface area contributed by atoms with Gasteiger partial charge in [-0.1, -0.05) is 77.9 Å². The average Bonchev–Trinajstić information content (AvgIpc) is 3.05. The first-order chi connectivity index (χ1) is 22.1. The van der Waals surface area contributed by atoms with Crippen LogP contribution >= 0.6 is 0 Å². The van der Waals surface area contributed by atoms with Gasteiger partial charge in [0.2, 0.25) is 11.8 Å². The average molecular weight is 644 g/mol. The van der Waals surface area contributed by atoms with Gasteiger partial charge in [0.25, 0.3) is 10.0 Å². The normalized spacial score (nSPS) is 11.8. The Balaban J connectivity index is 1.86. The van der Waals surface area contributed by atoms with Gasteiger partial charge in [0, 0.05) is 25.6 Å². The van der Waals surface area contributed by atoms with Crippen molar-refractivity contribution in [1.29, 1.82) is 0 Å². The first-order valence-electron chi connectivity index (χ1n) is 15.1. The predicted molar refractivity (Wildman–Crippen MR) is 180 cm³/mol. The summed E-state index contributed by atoms with van der Waals surface area (Å²) < 4.78 is 40.7. The third-order valence-corrected chi connectivity index (χ3v) is 9.37. The molecule has 1 N–H and O–H groups in total. The van der Waals surface area contributed by atoms with Crippen LogP contribution in [-0.4, -0.2) is 58.5 Å². The number of amides is 2. The number of nitrogens with zero attached hydrogens (tertiary/aromatic N) is 2. The second-order valence-corrected chi connectivity index (χ2v) is 12.8. The number of benzene rings is 4. The summed E-state index contributed by atoms with van der Waals surface area (Å²) in [6.07, 6.45) is 0.234. The minimum atomic E-state index is -4.30. The van der Waals surface area contributed by atoms with Crippen LogP contribution in [-0.2, 0) is 32.6 Å². The van der Waals surface area contributed by atoms with Crippen molar-refractivity contribution >= 4 is 27.5 Å². The monoisotopic (exact) mass is 643 g/mol. The van der Waals surface area contributed by atoms with Gasteiger partial charge in [-0.05, 0) is 56.2 Å². The molecule has 0 radical (unpaired) electrons. The Labute approximate surface area is 271 Å². The largest absolute Gasteiger partial charge is 0.497 e. The molecule has 0 aromatic heterocycles. The summed E-state index contributed by atoms with van der Waals surface area (Å²) in [4.78, 5) is 29.8. The fourth-order valence-corrected chi connectivity index (χ4v) is 6.61. The zero-order chi connectivity index (χ0) is 33.3. The topological polar surface area (TPSA) is 105 Å². The highest BCUT2D eigenvalue weighted by Gasteiger charge is 2.35. The van der Waals surface area contributed by atoms with Crippen LogP contribution < -0.4 is 19.1 Å². The van der Waals surface area contributed by atoms with Gasteiger partial charge >= 0.3 is 0 Å². The van der Waals surface area contributed by atoms with E-state index in [1.54, 1.807) is 24.3 Å². The second kappa shape index (κ2) is 15.4. The van der Waals surface area contributed by atoms with Crippen molar-refractivity contribution in [3.63, 3.8) is 0 Å². The lowest BCUT2D eigenvalue weighted by atomic mass is 10.0. The maximum atomic E-state index is 14.6. The van der Waals surface area contributed by atoms with Gasteiger partial charge in [-0.15, -0.1) is 0 Å². The minimum Gasteiger partial charge on any atom is -0.497 e. The number of hydrogen-bond donors (Lipinski definition) is 1. The van der Waals surface area contributed by atoms with Gasteiger partial charge in [0.05, 0.1) is 24.8 Å². The Bertz CT molecular complexity index is 1740. The van der Waals surface area contributed by atoms with Crippen LogP contribution in [0.15, 0.2) is 102 Å². The standard InChI is InChI=1S/C36H41N3O6S/c1-6-37-36(41)33(22-28-12-8-7-9-13-28)38(24-29-14-10-11-27(3)21-29)35(40)25-39(32-23-30(44-4)17-20-34(32)45-5)46(42,43)31-18-15-26(2)16-19-31/h7-21,23,33H,6,22,24-25H2,1-5H3,(H,37,41). The van der Waals surface area contributed by atoms with E-state index < -0.39 is 28.5 Å². The number of nitrogens with one attached hydrogen (secondary N) is 1. The zero-order valence-corrected chi connectivity index (χ0v) is 27.7. The molecule has 1 atom stereocenters. The molecule has 4 aromatic carbocycles. The van der Waals surface area contributed by atoms with Gasteiger partial charge in [0.1, 0.15) is 24.1 Å². The molecule has 0 saturated heterocycles. The lowest BCUT2D eigenvalue weighted by Crippen LogP contribution is -2.53. The lowest BCUT2D eigenvalue weighted by molar-refractivity contribution is -0.140. The highest BCUT2D eigenvalue weighted by atomic mass is 32.2. The Morgan fingerprint density at radius 2 is 1.50 bits per heavy atom. The van der Waals surface area contributed by atoms with Crippen LogP contribution in [0.2, 0.25) is 0 Å². The number of aryl methyl sites for hydroxylation is 2. The molecular formula is C36H41N3O6S. The molecule has 2 amide bonds. The van der Waals surface area contributed by atoms with Crippen LogP contribution in [0, 0.1) is 13.8 Å². The molecule has 9 nitrogen and oxygen atoms in total. The van der Waals surface area contributed by atoms with Crippen molar-refractivity contribution in [1.82, 2.24) is 10.2 Å². The fraction of sp³-hybridized carbons (Fsp3) is 0.278. The van der Waals surface area contributed by atoms with Gasteiger partial charge in [-0.2, -0.15) is 0 Å². The van der Waals surface area contributed by atoms with Crippen LogP contribution in [0.1, 0.15) is 29.2 Å². The third-order valence-electron chi connectivity index (χ3n) is 7.60. The van der Waals surface area contributed by atoms with E-state index in [0.717, 1.165) is 26.6 Å². The van der Waals surface area contributed by atoms with Crippen LogP contribution in [0.3, 0.4) is 0 Å². The Hall–Kier alpha value is -4.83. The van der Waals surface area contributed by atoms with Crippen molar-refractivity contribution in [2.75, 3.05) is 31.6 Å². The number of hydrogen-bond acceptors (Lipinski definition) is 6. The predicted octanol–water partition coefficient (Wildman–Crippen LogP) is 5.29. The van der Waals surface area contributed by atoms with Crippen molar-refractivity contribution in [3.8, 4) is 11.5 Å². The smallest absolute Gasteiger partial charge is 0.264 e. The summed E-state index contributed by atoms with van der Waals surface area (Å²) in [5.41, 5.74) is 3.67. The van der Waals surface area contributed by atoms with Crippen molar-refractivity contribution in [3.05, 3.63) is 119 Å². The summed E-state index contributed by atoms with van der Waals surface area (Å²) >= 11 is 0. The molecule has 0 aliphatic heterocycles. The molecule has 46 heavy (non-hydrogen) atoms. The molecule has 242 valence electrons. The number of carbonyl (C=O) groups excluding carboxylic acids is 2. The van der Waals surface area contributed by atoms with Crippen molar-refractivity contribution < 1.29 is 27.5 Å². The zero-order valence-electron chi connectivity index (χ0n) is 26.9. The summed E-state index contributed by atoms with van der Waals surface area (Å²) in [7, 11) is -1.40. The summed E-state index contributed by atoms with van der Waals surface area (Å²) in [6, 6.07) is 27.4. The van der Waals surface area contributed by atoms with Gasteiger partial charge in [-0.3, -0.25) is 13.9 Å². The van der Waals surface area contributed by atoms with E-state index in [1.165, 1.54) is 37.3 Å². The quantitative estimate of drug-likeness (QED) is 0.200. The second-order valence-electron chi connectivity index (χ2n) is 11.0. The van der Waals surface area contributed by atoms with Crippen LogP contribution in [0.25, 0.3) is 0 Å². The number of likely N-dealkylation sites (N-methyl/N-ethyl adjacent to an activating group) is 1. The molecule has 0 aliphatic carbocycles. The summed E-state index contributed by atoms with van der Waals surface area (Å²) in [5, 5.41) is 2.88. The number of methoxy groups -OCH3 is 2. The molecular weight excluding hydrogens is 602 g/mol. The number of sulfonamides is 1. The molecule has 4 rings (SSSR count). The van der Waals surface area contributed by atoms with Crippen molar-refractivity contribution in [2.45, 2.75) is 44.7 Å². The highest BCUT2D eigenvalue weighted by molar-refractivity contribution is 7.92. The number of rotatable bonds is 14. The summed E-state index contributed by atoms with van der Waals surface area (Å²) in [5.74, 6) is -0.277. The Morgan fingerprint density at radius 1 is 0.804 bits per heavy atom. The van der Waals surface area contributed by atoms with Crippen LogP contribution in [0.5, 0.6) is 11.5 Å². The van der Waals surface area contributed by atoms with E-state index in [2.05, 4.69) is 5.32 Å². The minimum absolute atomic E-state index is 0.00516. The maximum absolute atomic E-state index is 14.6. The van der Waals surface area contributed by atoms with E-state index in [-0.39, 0.29) is 35.2 Å². The van der Waals surface area contributed by atoms with E-state index >= 15 is 0 Å². The number of ether oxygens (including phenoxy) is 2. The third kappa shape index (κ3) is 8.25. The van der Waals surface area contributed by atoms with Crippen molar-refractivity contribution in [2.24, 2.45) is 0 Å². The molecule has 0 aliphatic rings. The Morgan fingerprint density at radius 3 is 2.13 bits per heavy atom. The van der Waals surface area contributed by atoms with E-state index in [1.807, 2.05) is 75.4 Å². The molecule has 1 unspecified atom stereocenters. The molecule has 0 spiro atoms. The van der Waals surface area contributed by atoms with E-state index in [0.29, 0.717) is 12.3 Å².